The second kappa shape index (κ2) is 6.29. The maximum atomic E-state index is 14.4. The van der Waals surface area contributed by atoms with Crippen molar-refractivity contribution >= 4 is 0 Å². The van der Waals surface area contributed by atoms with Gasteiger partial charge in [-0.1, -0.05) is 51.1 Å². The SMILES string of the molecule is CC(C)(C)C1(c2nc(-c3cc(F)ccc3F)cn2Cc2ccccc2)CC1. The van der Waals surface area contributed by atoms with Crippen LogP contribution in [0.3, 0.4) is 0 Å². The van der Waals surface area contributed by atoms with Gasteiger partial charge in [-0.05, 0) is 42.0 Å². The van der Waals surface area contributed by atoms with Crippen LogP contribution in [-0.4, -0.2) is 9.55 Å². The average molecular weight is 366 g/mol. The number of rotatable bonds is 4. The molecule has 0 aliphatic heterocycles. The molecule has 0 spiro atoms. The zero-order chi connectivity index (χ0) is 19.2. The Kier molecular flexibility index (Phi) is 4.17. The Hall–Kier alpha value is -2.49. The van der Waals surface area contributed by atoms with Crippen LogP contribution in [0.4, 0.5) is 8.78 Å². The molecule has 0 radical (unpaired) electrons. The van der Waals surface area contributed by atoms with Crippen molar-refractivity contribution in [1.29, 1.82) is 0 Å². The predicted octanol–water partition coefficient (Wildman–Crippen LogP) is 5.95. The number of benzene rings is 2. The lowest BCUT2D eigenvalue weighted by Gasteiger charge is -2.31. The van der Waals surface area contributed by atoms with E-state index in [1.807, 2.05) is 24.4 Å². The van der Waals surface area contributed by atoms with Crippen molar-refractivity contribution in [2.75, 3.05) is 0 Å². The van der Waals surface area contributed by atoms with E-state index in [0.717, 1.165) is 36.4 Å². The number of hydrogen-bond donors (Lipinski definition) is 0. The first-order chi connectivity index (χ1) is 12.8. The Morgan fingerprint density at radius 1 is 1.04 bits per heavy atom. The molecule has 27 heavy (non-hydrogen) atoms. The molecule has 0 N–H and O–H groups in total. The van der Waals surface area contributed by atoms with Crippen molar-refractivity contribution in [1.82, 2.24) is 9.55 Å². The third kappa shape index (κ3) is 3.18. The van der Waals surface area contributed by atoms with Crippen molar-refractivity contribution in [3.8, 4) is 11.3 Å². The van der Waals surface area contributed by atoms with Gasteiger partial charge < -0.3 is 4.57 Å². The highest BCUT2D eigenvalue weighted by Gasteiger charge is 2.56. The minimum atomic E-state index is -0.456. The maximum Gasteiger partial charge on any atom is 0.132 e. The van der Waals surface area contributed by atoms with Gasteiger partial charge in [-0.15, -0.1) is 0 Å². The molecule has 1 fully saturated rings. The molecule has 0 saturated heterocycles. The summed E-state index contributed by atoms with van der Waals surface area (Å²) in [5, 5.41) is 0. The molecule has 4 heteroatoms. The highest BCUT2D eigenvalue weighted by molar-refractivity contribution is 5.60. The van der Waals surface area contributed by atoms with Gasteiger partial charge in [-0.25, -0.2) is 13.8 Å². The second-order valence-corrected chi connectivity index (χ2v) is 8.52. The lowest BCUT2D eigenvalue weighted by atomic mass is 9.77. The van der Waals surface area contributed by atoms with Gasteiger partial charge in [0, 0.05) is 23.7 Å². The van der Waals surface area contributed by atoms with Crippen LogP contribution in [-0.2, 0) is 12.0 Å². The van der Waals surface area contributed by atoms with E-state index >= 15 is 0 Å². The molecule has 0 unspecified atom stereocenters. The molecular formula is C23H24F2N2. The Labute approximate surface area is 158 Å². The number of aromatic nitrogens is 2. The summed E-state index contributed by atoms with van der Waals surface area (Å²) in [6, 6.07) is 13.7. The monoisotopic (exact) mass is 366 g/mol. The number of imidazole rings is 1. The Morgan fingerprint density at radius 3 is 2.37 bits per heavy atom. The van der Waals surface area contributed by atoms with Crippen molar-refractivity contribution in [3.63, 3.8) is 0 Å². The van der Waals surface area contributed by atoms with Crippen molar-refractivity contribution in [2.45, 2.75) is 45.6 Å². The smallest absolute Gasteiger partial charge is 0.132 e. The van der Waals surface area contributed by atoms with Gasteiger partial charge in [0.05, 0.1) is 5.69 Å². The molecule has 1 aliphatic carbocycles. The van der Waals surface area contributed by atoms with E-state index in [-0.39, 0.29) is 16.4 Å². The van der Waals surface area contributed by atoms with Gasteiger partial charge in [0.25, 0.3) is 0 Å². The molecule has 2 nitrogen and oxygen atoms in total. The van der Waals surface area contributed by atoms with Crippen LogP contribution in [0.2, 0.25) is 0 Å². The van der Waals surface area contributed by atoms with Gasteiger partial charge in [-0.3, -0.25) is 0 Å². The first-order valence-electron chi connectivity index (χ1n) is 9.37. The van der Waals surface area contributed by atoms with Gasteiger partial charge in [-0.2, -0.15) is 0 Å². The molecule has 1 saturated carbocycles. The summed E-state index contributed by atoms with van der Waals surface area (Å²) in [7, 11) is 0. The second-order valence-electron chi connectivity index (χ2n) is 8.52. The summed E-state index contributed by atoms with van der Waals surface area (Å²) in [5.41, 5.74) is 1.89. The largest absolute Gasteiger partial charge is 0.329 e. The van der Waals surface area contributed by atoms with Crippen molar-refractivity contribution in [2.24, 2.45) is 5.41 Å². The summed E-state index contributed by atoms with van der Waals surface area (Å²) < 4.78 is 30.2. The first kappa shape index (κ1) is 17.9. The fourth-order valence-corrected chi connectivity index (χ4v) is 3.96. The lowest BCUT2D eigenvalue weighted by molar-refractivity contribution is 0.280. The number of nitrogens with zero attached hydrogens (tertiary/aromatic N) is 2. The highest BCUT2D eigenvalue weighted by atomic mass is 19.1. The van der Waals surface area contributed by atoms with Crippen molar-refractivity contribution in [3.05, 3.63) is 77.8 Å². The van der Waals surface area contributed by atoms with Crippen LogP contribution in [0.5, 0.6) is 0 Å². The van der Waals surface area contributed by atoms with Gasteiger partial charge >= 0.3 is 0 Å². The van der Waals surface area contributed by atoms with Crippen molar-refractivity contribution < 1.29 is 8.78 Å². The molecule has 1 aromatic heterocycles. The number of hydrogen-bond acceptors (Lipinski definition) is 1. The van der Waals surface area contributed by atoms with Gasteiger partial charge in [0.15, 0.2) is 0 Å². The Balaban J connectivity index is 1.84. The molecule has 1 aliphatic rings. The lowest BCUT2D eigenvalue weighted by Crippen LogP contribution is -2.29. The third-order valence-electron chi connectivity index (χ3n) is 5.79. The molecule has 2 aromatic carbocycles. The standard InChI is InChI=1S/C23H24F2N2/c1-22(2,3)23(11-12-23)21-26-20(18-13-17(24)9-10-19(18)25)15-27(21)14-16-7-5-4-6-8-16/h4-10,13,15H,11-12,14H2,1-3H3. The fraction of sp³-hybridized carbons (Fsp3) is 0.348. The first-order valence-corrected chi connectivity index (χ1v) is 9.37. The molecule has 1 heterocycles. The van der Waals surface area contributed by atoms with Gasteiger partial charge in [0.1, 0.15) is 17.5 Å². The van der Waals surface area contributed by atoms with Crippen LogP contribution in [0.1, 0.15) is 45.0 Å². The quantitative estimate of drug-likeness (QED) is 0.557. The van der Waals surface area contributed by atoms with Crippen LogP contribution in [0, 0.1) is 17.0 Å². The third-order valence-corrected chi connectivity index (χ3v) is 5.79. The molecule has 3 aromatic rings. The predicted molar refractivity (Wildman–Crippen MR) is 103 cm³/mol. The van der Waals surface area contributed by atoms with Crippen LogP contribution >= 0.6 is 0 Å². The van der Waals surface area contributed by atoms with Crippen LogP contribution in [0.25, 0.3) is 11.3 Å². The summed E-state index contributed by atoms with van der Waals surface area (Å²) in [5.74, 6) is 0.0629. The highest BCUT2D eigenvalue weighted by Crippen LogP contribution is 2.59. The van der Waals surface area contributed by atoms with E-state index in [4.69, 9.17) is 4.98 Å². The van der Waals surface area contributed by atoms with Crippen LogP contribution < -0.4 is 0 Å². The summed E-state index contributed by atoms with van der Waals surface area (Å²) in [4.78, 5) is 4.84. The normalized spacial score (nSPS) is 15.7. The van der Waals surface area contributed by atoms with E-state index in [1.165, 1.54) is 6.07 Å². The Morgan fingerprint density at radius 2 is 1.74 bits per heavy atom. The van der Waals surface area contributed by atoms with E-state index in [1.54, 1.807) is 0 Å². The summed E-state index contributed by atoms with van der Waals surface area (Å²) in [6.45, 7) is 7.34. The fourth-order valence-electron chi connectivity index (χ4n) is 3.96. The zero-order valence-electron chi connectivity index (χ0n) is 16.0. The van der Waals surface area contributed by atoms with E-state index in [0.29, 0.717) is 12.2 Å². The molecule has 4 rings (SSSR count). The van der Waals surface area contributed by atoms with Gasteiger partial charge in [0.2, 0.25) is 0 Å². The molecular weight excluding hydrogens is 342 g/mol. The molecule has 0 amide bonds. The molecule has 0 atom stereocenters. The average Bonchev–Trinajstić information content (AvgIpc) is 3.34. The molecule has 140 valence electrons. The van der Waals surface area contributed by atoms with Crippen LogP contribution in [0.15, 0.2) is 54.7 Å². The summed E-state index contributed by atoms with van der Waals surface area (Å²) in [6.07, 6.45) is 3.99. The minimum absolute atomic E-state index is 0.0240. The van der Waals surface area contributed by atoms with E-state index in [2.05, 4.69) is 37.5 Å². The zero-order valence-corrected chi connectivity index (χ0v) is 16.0. The summed E-state index contributed by atoms with van der Waals surface area (Å²) >= 11 is 0. The Bertz CT molecular complexity index is 964. The van der Waals surface area contributed by atoms with E-state index in [9.17, 15) is 8.78 Å². The maximum absolute atomic E-state index is 14.4. The van der Waals surface area contributed by atoms with E-state index < -0.39 is 11.6 Å². The topological polar surface area (TPSA) is 17.8 Å². The number of halogens is 2. The molecule has 0 bridgehead atoms. The minimum Gasteiger partial charge on any atom is -0.329 e.